The molecule has 0 unspecified atom stereocenters. The van der Waals surface area contributed by atoms with Crippen LogP contribution in [0.2, 0.25) is 0 Å². The quantitative estimate of drug-likeness (QED) is 0.630. The largest absolute Gasteiger partial charge is 0.496 e. The number of benzene rings is 1. The first-order valence-electron chi connectivity index (χ1n) is 4.63. The molecule has 0 aromatic heterocycles. The van der Waals surface area contributed by atoms with Crippen LogP contribution >= 0.6 is 15.9 Å². The predicted octanol–water partition coefficient (Wildman–Crippen LogP) is 2.45. The molecule has 86 valence electrons. The molecule has 0 saturated heterocycles. The molecule has 0 atom stereocenters. The second kappa shape index (κ2) is 5.65. The summed E-state index contributed by atoms with van der Waals surface area (Å²) in [5, 5.41) is 0. The van der Waals surface area contributed by atoms with Gasteiger partial charge in [0.2, 0.25) is 0 Å². The third kappa shape index (κ3) is 2.61. The van der Waals surface area contributed by atoms with Crippen molar-refractivity contribution in [3.8, 4) is 5.75 Å². The Morgan fingerprint density at radius 1 is 1.50 bits per heavy atom. The van der Waals surface area contributed by atoms with Crippen molar-refractivity contribution in [3.05, 3.63) is 27.7 Å². The lowest BCUT2D eigenvalue weighted by atomic mass is 10.1. The molecule has 1 rings (SSSR count). The van der Waals surface area contributed by atoms with E-state index in [1.807, 2.05) is 0 Å². The summed E-state index contributed by atoms with van der Waals surface area (Å²) in [6, 6.07) is 3.15. The Morgan fingerprint density at radius 3 is 2.69 bits per heavy atom. The number of hydrogen-bond acceptors (Lipinski definition) is 4. The molecule has 1 aromatic rings. The van der Waals surface area contributed by atoms with E-state index in [1.54, 1.807) is 13.0 Å². The van der Waals surface area contributed by atoms with Gasteiger partial charge in [-0.15, -0.1) is 0 Å². The van der Waals surface area contributed by atoms with Gasteiger partial charge in [0.1, 0.15) is 5.75 Å². The van der Waals surface area contributed by atoms with Gasteiger partial charge in [-0.25, -0.2) is 4.79 Å². The molecule has 0 saturated carbocycles. The summed E-state index contributed by atoms with van der Waals surface area (Å²) in [5.74, 6) is -0.198. The Hall–Kier alpha value is -1.36. The lowest BCUT2D eigenvalue weighted by molar-refractivity contribution is 0.0523. The highest BCUT2D eigenvalue weighted by Gasteiger charge is 2.17. The van der Waals surface area contributed by atoms with Gasteiger partial charge in [-0.1, -0.05) is 15.9 Å². The third-order valence-electron chi connectivity index (χ3n) is 1.94. The number of rotatable bonds is 4. The number of carbonyl (C=O) groups is 2. The monoisotopic (exact) mass is 286 g/mol. The van der Waals surface area contributed by atoms with Crippen LogP contribution in [0.3, 0.4) is 0 Å². The van der Waals surface area contributed by atoms with E-state index in [-0.39, 0.29) is 17.7 Å². The number of hydrogen-bond donors (Lipinski definition) is 0. The zero-order chi connectivity index (χ0) is 12.1. The van der Waals surface area contributed by atoms with Gasteiger partial charge >= 0.3 is 5.97 Å². The molecule has 0 radical (unpaired) electrons. The molecule has 0 aliphatic rings. The maximum Gasteiger partial charge on any atom is 0.339 e. The molecule has 4 nitrogen and oxygen atoms in total. The average Bonchev–Trinajstić information content (AvgIpc) is 2.28. The number of carbonyl (C=O) groups excluding carboxylic acids is 2. The van der Waals surface area contributed by atoms with E-state index in [9.17, 15) is 9.59 Å². The van der Waals surface area contributed by atoms with E-state index < -0.39 is 5.97 Å². The van der Waals surface area contributed by atoms with Crippen LogP contribution in [0.15, 0.2) is 16.6 Å². The van der Waals surface area contributed by atoms with E-state index in [0.29, 0.717) is 16.5 Å². The average molecular weight is 287 g/mol. The van der Waals surface area contributed by atoms with Crippen LogP contribution in [-0.4, -0.2) is 26.0 Å². The van der Waals surface area contributed by atoms with Gasteiger partial charge in [0, 0.05) is 4.47 Å². The molecule has 0 N–H and O–H groups in total. The fourth-order valence-corrected chi connectivity index (χ4v) is 1.70. The van der Waals surface area contributed by atoms with Gasteiger partial charge in [-0.05, 0) is 19.1 Å². The van der Waals surface area contributed by atoms with Crippen molar-refractivity contribution in [2.45, 2.75) is 6.92 Å². The molecular formula is C11H11BrO4. The van der Waals surface area contributed by atoms with E-state index in [0.717, 1.165) is 0 Å². The van der Waals surface area contributed by atoms with E-state index in [4.69, 9.17) is 9.47 Å². The summed E-state index contributed by atoms with van der Waals surface area (Å²) in [7, 11) is 1.43. The molecule has 0 amide bonds. The third-order valence-corrected chi connectivity index (χ3v) is 2.40. The van der Waals surface area contributed by atoms with Crippen LogP contribution in [0, 0.1) is 0 Å². The van der Waals surface area contributed by atoms with E-state index in [1.165, 1.54) is 13.2 Å². The molecule has 0 bridgehead atoms. The molecule has 0 aliphatic carbocycles. The Morgan fingerprint density at radius 2 is 2.19 bits per heavy atom. The Labute approximate surface area is 102 Å². The van der Waals surface area contributed by atoms with Gasteiger partial charge in [-0.2, -0.15) is 0 Å². The van der Waals surface area contributed by atoms with Gasteiger partial charge < -0.3 is 9.47 Å². The standard InChI is InChI=1S/C11H11BrO4/c1-3-16-11(14)8-4-7(12)5-10(15-2)9(8)6-13/h4-6H,3H2,1-2H3. The summed E-state index contributed by atoms with van der Waals surface area (Å²) in [6.07, 6.45) is 0.581. The van der Waals surface area contributed by atoms with Gasteiger partial charge in [-0.3, -0.25) is 4.79 Å². The van der Waals surface area contributed by atoms with Gasteiger partial charge in [0.05, 0.1) is 24.8 Å². The van der Waals surface area contributed by atoms with Crippen LogP contribution in [0.25, 0.3) is 0 Å². The molecule has 0 spiro atoms. The van der Waals surface area contributed by atoms with Crippen LogP contribution in [0.1, 0.15) is 27.6 Å². The first-order chi connectivity index (χ1) is 7.63. The molecule has 0 fully saturated rings. The number of esters is 1. The van der Waals surface area contributed by atoms with Crippen molar-refractivity contribution >= 4 is 28.2 Å². The summed E-state index contributed by atoms with van der Waals surface area (Å²) in [5.41, 5.74) is 0.396. The van der Waals surface area contributed by atoms with Crippen molar-refractivity contribution < 1.29 is 19.1 Å². The molecule has 0 heterocycles. The van der Waals surface area contributed by atoms with Crippen LogP contribution in [0.4, 0.5) is 0 Å². The highest BCUT2D eigenvalue weighted by atomic mass is 79.9. The number of methoxy groups -OCH3 is 1. The minimum atomic E-state index is -0.538. The normalized spacial score (nSPS) is 9.69. The molecule has 16 heavy (non-hydrogen) atoms. The van der Waals surface area contributed by atoms with Crippen LogP contribution in [0.5, 0.6) is 5.75 Å². The van der Waals surface area contributed by atoms with Gasteiger partial charge in [0.25, 0.3) is 0 Å². The molecule has 1 aromatic carbocycles. The second-order valence-corrected chi connectivity index (χ2v) is 3.82. The lowest BCUT2D eigenvalue weighted by Gasteiger charge is -2.09. The highest BCUT2D eigenvalue weighted by Crippen LogP contribution is 2.26. The highest BCUT2D eigenvalue weighted by molar-refractivity contribution is 9.10. The molecular weight excluding hydrogens is 276 g/mol. The number of ether oxygens (including phenoxy) is 2. The Bertz CT molecular complexity index is 415. The van der Waals surface area contributed by atoms with Crippen molar-refractivity contribution in [2.75, 3.05) is 13.7 Å². The maximum absolute atomic E-state index is 11.6. The van der Waals surface area contributed by atoms with Crippen molar-refractivity contribution in [1.29, 1.82) is 0 Å². The first-order valence-corrected chi connectivity index (χ1v) is 5.43. The molecule has 0 aliphatic heterocycles. The van der Waals surface area contributed by atoms with Gasteiger partial charge in [0.15, 0.2) is 6.29 Å². The maximum atomic E-state index is 11.6. The summed E-state index contributed by atoms with van der Waals surface area (Å²) in [6.45, 7) is 1.96. The fourth-order valence-electron chi connectivity index (χ4n) is 1.26. The minimum absolute atomic E-state index is 0.197. The van der Waals surface area contributed by atoms with E-state index in [2.05, 4.69) is 15.9 Å². The zero-order valence-electron chi connectivity index (χ0n) is 8.95. The van der Waals surface area contributed by atoms with E-state index >= 15 is 0 Å². The number of aldehydes is 1. The SMILES string of the molecule is CCOC(=O)c1cc(Br)cc(OC)c1C=O. The van der Waals surface area contributed by atoms with Crippen molar-refractivity contribution in [3.63, 3.8) is 0 Å². The Balaban J connectivity index is 3.30. The second-order valence-electron chi connectivity index (χ2n) is 2.91. The van der Waals surface area contributed by atoms with Crippen molar-refractivity contribution in [2.24, 2.45) is 0 Å². The first kappa shape index (κ1) is 12.7. The summed E-state index contributed by atoms with van der Waals surface area (Å²) >= 11 is 3.23. The minimum Gasteiger partial charge on any atom is -0.496 e. The van der Waals surface area contributed by atoms with Crippen LogP contribution < -0.4 is 4.74 Å². The number of halogens is 1. The smallest absolute Gasteiger partial charge is 0.339 e. The lowest BCUT2D eigenvalue weighted by Crippen LogP contribution is -2.09. The summed E-state index contributed by atoms with van der Waals surface area (Å²) in [4.78, 5) is 22.5. The fraction of sp³-hybridized carbons (Fsp3) is 0.273. The zero-order valence-corrected chi connectivity index (χ0v) is 10.5. The topological polar surface area (TPSA) is 52.6 Å². The molecule has 5 heteroatoms. The van der Waals surface area contributed by atoms with Crippen LogP contribution in [-0.2, 0) is 4.74 Å². The van der Waals surface area contributed by atoms with Crippen molar-refractivity contribution in [1.82, 2.24) is 0 Å². The summed E-state index contributed by atoms with van der Waals surface area (Å²) < 4.78 is 10.5. The Kier molecular flexibility index (Phi) is 4.49. The predicted molar refractivity (Wildman–Crippen MR) is 62.0 cm³/mol.